The molecule has 146 valence electrons. The zero-order valence-corrected chi connectivity index (χ0v) is 18.2. The Morgan fingerprint density at radius 3 is 2.56 bits per heavy atom. The van der Waals surface area contributed by atoms with E-state index in [1.165, 1.54) is 0 Å². The van der Waals surface area contributed by atoms with E-state index < -0.39 is 0 Å². The molecule has 0 aliphatic rings. The average molecular weight is 482 g/mol. The van der Waals surface area contributed by atoms with Gasteiger partial charge in [0.1, 0.15) is 5.75 Å². The molecule has 4 N–H and O–H groups in total. The SMILES string of the molecule is CCC(C)NC(=O)c1cccc(CN=C(N)Nc2ccc(OC)cc2)c1.I. The number of aliphatic imine (C=N–C) groups is 1. The first-order valence-electron chi connectivity index (χ1n) is 8.62. The summed E-state index contributed by atoms with van der Waals surface area (Å²) in [5.74, 6) is 1.01. The number of guanidine groups is 1. The van der Waals surface area contributed by atoms with Crippen LogP contribution < -0.4 is 21.1 Å². The minimum atomic E-state index is -0.0745. The Morgan fingerprint density at radius 2 is 1.93 bits per heavy atom. The number of amides is 1. The molecule has 0 aliphatic carbocycles. The summed E-state index contributed by atoms with van der Waals surface area (Å²) >= 11 is 0. The van der Waals surface area contributed by atoms with Gasteiger partial charge in [0.25, 0.3) is 5.91 Å². The average Bonchev–Trinajstić information content (AvgIpc) is 2.67. The van der Waals surface area contributed by atoms with Gasteiger partial charge in [0, 0.05) is 17.3 Å². The summed E-state index contributed by atoms with van der Waals surface area (Å²) in [6.07, 6.45) is 0.892. The molecule has 0 radical (unpaired) electrons. The van der Waals surface area contributed by atoms with Crippen LogP contribution in [0.1, 0.15) is 36.2 Å². The second-order valence-corrected chi connectivity index (χ2v) is 6.04. The Bertz CT molecular complexity index is 763. The molecule has 7 heteroatoms. The second kappa shape index (κ2) is 11.4. The van der Waals surface area contributed by atoms with E-state index >= 15 is 0 Å². The van der Waals surface area contributed by atoms with Crippen LogP contribution in [0.25, 0.3) is 0 Å². The van der Waals surface area contributed by atoms with Crippen molar-refractivity contribution in [2.45, 2.75) is 32.9 Å². The summed E-state index contributed by atoms with van der Waals surface area (Å²) in [5.41, 5.74) is 8.30. The number of methoxy groups -OCH3 is 1. The van der Waals surface area contributed by atoms with E-state index in [4.69, 9.17) is 10.5 Å². The van der Waals surface area contributed by atoms with Crippen LogP contribution in [0.5, 0.6) is 5.75 Å². The number of halogens is 1. The first-order chi connectivity index (χ1) is 12.5. The zero-order valence-electron chi connectivity index (χ0n) is 15.9. The monoisotopic (exact) mass is 482 g/mol. The van der Waals surface area contributed by atoms with Crippen LogP contribution in [0.4, 0.5) is 5.69 Å². The van der Waals surface area contributed by atoms with E-state index in [0.29, 0.717) is 18.1 Å². The third kappa shape index (κ3) is 7.46. The molecule has 27 heavy (non-hydrogen) atoms. The molecule has 1 amide bonds. The smallest absolute Gasteiger partial charge is 0.251 e. The summed E-state index contributed by atoms with van der Waals surface area (Å²) in [6.45, 7) is 4.41. The van der Waals surface area contributed by atoms with Crippen molar-refractivity contribution in [1.29, 1.82) is 0 Å². The van der Waals surface area contributed by atoms with Crippen molar-refractivity contribution in [3.8, 4) is 5.75 Å². The third-order valence-electron chi connectivity index (χ3n) is 3.97. The number of ether oxygens (including phenoxy) is 1. The topological polar surface area (TPSA) is 88.7 Å². The lowest BCUT2D eigenvalue weighted by molar-refractivity contribution is 0.0939. The van der Waals surface area contributed by atoms with Crippen molar-refractivity contribution in [3.05, 3.63) is 59.7 Å². The Morgan fingerprint density at radius 1 is 1.22 bits per heavy atom. The molecule has 0 heterocycles. The summed E-state index contributed by atoms with van der Waals surface area (Å²) in [6, 6.07) is 15.0. The molecule has 0 saturated heterocycles. The minimum Gasteiger partial charge on any atom is -0.497 e. The number of hydrogen-bond donors (Lipinski definition) is 3. The standard InChI is InChI=1S/C20H26N4O2.HI/c1-4-14(2)23-19(25)16-7-5-6-15(12-16)13-22-20(21)24-17-8-10-18(26-3)11-9-17;/h5-12,14H,4,13H2,1-3H3,(H,23,25)(H3,21,22,24);1H. The van der Waals surface area contributed by atoms with E-state index in [9.17, 15) is 4.79 Å². The van der Waals surface area contributed by atoms with Crippen LogP contribution in [0.15, 0.2) is 53.5 Å². The highest BCUT2D eigenvalue weighted by molar-refractivity contribution is 14.0. The predicted molar refractivity (Wildman–Crippen MR) is 121 cm³/mol. The number of nitrogens with one attached hydrogen (secondary N) is 2. The van der Waals surface area contributed by atoms with Gasteiger partial charge in [-0.2, -0.15) is 0 Å². The predicted octanol–water partition coefficient (Wildman–Crippen LogP) is 3.77. The van der Waals surface area contributed by atoms with Crippen molar-refractivity contribution < 1.29 is 9.53 Å². The van der Waals surface area contributed by atoms with Crippen molar-refractivity contribution in [1.82, 2.24) is 5.32 Å². The van der Waals surface area contributed by atoms with E-state index in [2.05, 4.69) is 15.6 Å². The lowest BCUT2D eigenvalue weighted by Crippen LogP contribution is -2.31. The van der Waals surface area contributed by atoms with E-state index in [1.54, 1.807) is 13.2 Å². The molecule has 2 rings (SSSR count). The van der Waals surface area contributed by atoms with Gasteiger partial charge in [-0.3, -0.25) is 4.79 Å². The molecule has 0 fully saturated rings. The molecule has 0 spiro atoms. The highest BCUT2D eigenvalue weighted by atomic mass is 127. The van der Waals surface area contributed by atoms with Gasteiger partial charge >= 0.3 is 0 Å². The Balaban J connectivity index is 0.00000364. The maximum absolute atomic E-state index is 12.2. The molecule has 1 atom stereocenters. The first kappa shape index (κ1) is 22.8. The van der Waals surface area contributed by atoms with Crippen LogP contribution in [0.3, 0.4) is 0 Å². The van der Waals surface area contributed by atoms with Gasteiger partial charge in [0.2, 0.25) is 0 Å². The summed E-state index contributed by atoms with van der Waals surface area (Å²) in [4.78, 5) is 16.5. The van der Waals surface area contributed by atoms with Crippen LogP contribution in [-0.4, -0.2) is 25.0 Å². The van der Waals surface area contributed by atoms with Crippen molar-refractivity contribution in [3.63, 3.8) is 0 Å². The van der Waals surface area contributed by atoms with Crippen molar-refractivity contribution in [2.75, 3.05) is 12.4 Å². The maximum Gasteiger partial charge on any atom is 0.251 e. The van der Waals surface area contributed by atoms with E-state index in [1.807, 2.05) is 56.3 Å². The summed E-state index contributed by atoms with van der Waals surface area (Å²) < 4.78 is 5.12. The largest absolute Gasteiger partial charge is 0.497 e. The molecule has 0 bridgehead atoms. The Kier molecular flexibility index (Phi) is 9.63. The van der Waals surface area contributed by atoms with E-state index in [0.717, 1.165) is 23.4 Å². The van der Waals surface area contributed by atoms with Gasteiger partial charge in [0.15, 0.2) is 5.96 Å². The third-order valence-corrected chi connectivity index (χ3v) is 3.97. The Labute approximate surface area is 177 Å². The number of anilines is 1. The molecule has 0 saturated carbocycles. The molecule has 1 unspecified atom stereocenters. The lowest BCUT2D eigenvalue weighted by atomic mass is 10.1. The fourth-order valence-electron chi connectivity index (χ4n) is 2.26. The molecular weight excluding hydrogens is 455 g/mol. The van der Waals surface area contributed by atoms with Gasteiger partial charge in [-0.05, 0) is 55.3 Å². The Hall–Kier alpha value is -2.29. The highest BCUT2D eigenvalue weighted by Crippen LogP contribution is 2.14. The molecule has 0 aliphatic heterocycles. The maximum atomic E-state index is 12.2. The lowest BCUT2D eigenvalue weighted by Gasteiger charge is -2.11. The number of nitrogens with zero attached hydrogens (tertiary/aromatic N) is 1. The summed E-state index contributed by atoms with van der Waals surface area (Å²) in [7, 11) is 1.62. The fraction of sp³-hybridized carbons (Fsp3) is 0.300. The van der Waals surface area contributed by atoms with Gasteiger partial charge in [-0.15, -0.1) is 24.0 Å². The number of carbonyl (C=O) groups is 1. The van der Waals surface area contributed by atoms with Gasteiger partial charge < -0.3 is 21.1 Å². The molecular formula is C20H27IN4O2. The number of rotatable bonds is 7. The normalized spacial score (nSPS) is 11.9. The molecule has 0 aromatic heterocycles. The zero-order chi connectivity index (χ0) is 18.9. The highest BCUT2D eigenvalue weighted by Gasteiger charge is 2.08. The quantitative estimate of drug-likeness (QED) is 0.319. The molecule has 6 nitrogen and oxygen atoms in total. The van der Waals surface area contributed by atoms with E-state index in [-0.39, 0.29) is 35.9 Å². The number of carbonyl (C=O) groups excluding carboxylic acids is 1. The van der Waals surface area contributed by atoms with Gasteiger partial charge in [-0.25, -0.2) is 4.99 Å². The van der Waals surface area contributed by atoms with Crippen LogP contribution in [0.2, 0.25) is 0 Å². The van der Waals surface area contributed by atoms with Crippen molar-refractivity contribution >= 4 is 41.5 Å². The molecule has 2 aromatic rings. The fourth-order valence-corrected chi connectivity index (χ4v) is 2.26. The number of benzene rings is 2. The summed E-state index contributed by atoms with van der Waals surface area (Å²) in [5, 5.41) is 5.99. The minimum absolute atomic E-state index is 0. The first-order valence-corrected chi connectivity index (χ1v) is 8.62. The number of nitrogens with two attached hydrogens (primary N) is 1. The second-order valence-electron chi connectivity index (χ2n) is 6.04. The van der Waals surface area contributed by atoms with Crippen LogP contribution in [-0.2, 0) is 6.54 Å². The van der Waals surface area contributed by atoms with Crippen LogP contribution in [0, 0.1) is 0 Å². The molecule has 2 aromatic carbocycles. The van der Waals surface area contributed by atoms with Gasteiger partial charge in [-0.1, -0.05) is 19.1 Å². The van der Waals surface area contributed by atoms with Gasteiger partial charge in [0.05, 0.1) is 13.7 Å². The van der Waals surface area contributed by atoms with Crippen LogP contribution >= 0.6 is 24.0 Å². The number of hydrogen-bond acceptors (Lipinski definition) is 3. The van der Waals surface area contributed by atoms with Crippen molar-refractivity contribution in [2.24, 2.45) is 10.7 Å².